The maximum atomic E-state index is 12.9. The number of nitrogens with zero attached hydrogens (tertiary/aromatic N) is 3. The highest BCUT2D eigenvalue weighted by Crippen LogP contribution is 2.19. The monoisotopic (exact) mass is 395 g/mol. The van der Waals surface area contributed by atoms with Gasteiger partial charge in [0.2, 0.25) is 0 Å². The largest absolute Gasteiger partial charge is 0.357 e. The lowest BCUT2D eigenvalue weighted by atomic mass is 10.4. The SMILES string of the molecule is CCNC(=NCc1csc(N(C)C)n1)NCCCSc1ccc(F)cc1. The van der Waals surface area contributed by atoms with Gasteiger partial charge in [-0.1, -0.05) is 0 Å². The zero-order valence-corrected chi connectivity index (χ0v) is 17.1. The Morgan fingerprint density at radius 1 is 1.27 bits per heavy atom. The molecule has 0 saturated carbocycles. The highest BCUT2D eigenvalue weighted by atomic mass is 32.2. The lowest BCUT2D eigenvalue weighted by Crippen LogP contribution is -2.37. The second kappa shape index (κ2) is 11.0. The van der Waals surface area contributed by atoms with Gasteiger partial charge in [0.25, 0.3) is 0 Å². The molecule has 142 valence electrons. The van der Waals surface area contributed by atoms with E-state index in [1.165, 1.54) is 12.1 Å². The van der Waals surface area contributed by atoms with E-state index in [9.17, 15) is 4.39 Å². The Kier molecular flexibility index (Phi) is 8.70. The Bertz CT molecular complexity index is 685. The molecule has 1 aromatic carbocycles. The van der Waals surface area contributed by atoms with Gasteiger partial charge in [-0.25, -0.2) is 14.4 Å². The molecule has 0 saturated heterocycles. The molecule has 0 amide bonds. The Morgan fingerprint density at radius 2 is 2.04 bits per heavy atom. The van der Waals surface area contributed by atoms with Crippen molar-refractivity contribution in [2.75, 3.05) is 37.8 Å². The number of halogens is 1. The normalized spacial score (nSPS) is 11.5. The molecule has 0 aliphatic rings. The molecule has 1 heterocycles. The first kappa shape index (κ1) is 20.5. The van der Waals surface area contributed by atoms with Crippen LogP contribution in [0.15, 0.2) is 39.5 Å². The van der Waals surface area contributed by atoms with Gasteiger partial charge in [0.15, 0.2) is 11.1 Å². The van der Waals surface area contributed by atoms with Crippen LogP contribution in [0.3, 0.4) is 0 Å². The molecule has 0 fully saturated rings. The van der Waals surface area contributed by atoms with E-state index in [1.54, 1.807) is 23.1 Å². The van der Waals surface area contributed by atoms with Gasteiger partial charge in [-0.2, -0.15) is 0 Å². The van der Waals surface area contributed by atoms with Gasteiger partial charge in [-0.3, -0.25) is 0 Å². The third-order valence-corrected chi connectivity index (χ3v) is 5.52. The minimum absolute atomic E-state index is 0.194. The molecule has 1 aromatic heterocycles. The first-order chi connectivity index (χ1) is 12.6. The highest BCUT2D eigenvalue weighted by molar-refractivity contribution is 7.99. The van der Waals surface area contributed by atoms with Gasteiger partial charge in [0.1, 0.15) is 5.82 Å². The minimum atomic E-state index is -0.194. The summed E-state index contributed by atoms with van der Waals surface area (Å²) in [7, 11) is 3.98. The van der Waals surface area contributed by atoms with Crippen LogP contribution in [0.5, 0.6) is 0 Å². The molecule has 8 heteroatoms. The van der Waals surface area contributed by atoms with Crippen molar-refractivity contribution in [1.82, 2.24) is 15.6 Å². The number of thioether (sulfide) groups is 1. The number of aliphatic imine (C=N–C) groups is 1. The van der Waals surface area contributed by atoms with Crippen LogP contribution in [0.2, 0.25) is 0 Å². The maximum absolute atomic E-state index is 12.9. The number of aromatic nitrogens is 1. The molecule has 2 aromatic rings. The maximum Gasteiger partial charge on any atom is 0.191 e. The van der Waals surface area contributed by atoms with E-state index >= 15 is 0 Å². The smallest absolute Gasteiger partial charge is 0.191 e. The summed E-state index contributed by atoms with van der Waals surface area (Å²) < 4.78 is 12.9. The predicted molar refractivity (Wildman–Crippen MR) is 111 cm³/mol. The summed E-state index contributed by atoms with van der Waals surface area (Å²) in [5.74, 6) is 1.58. The van der Waals surface area contributed by atoms with Crippen molar-refractivity contribution in [3.63, 3.8) is 0 Å². The van der Waals surface area contributed by atoms with Crippen LogP contribution in [-0.2, 0) is 6.54 Å². The molecule has 0 radical (unpaired) electrons. The van der Waals surface area contributed by atoms with Crippen molar-refractivity contribution in [2.24, 2.45) is 4.99 Å². The zero-order valence-electron chi connectivity index (χ0n) is 15.5. The van der Waals surface area contributed by atoms with E-state index in [4.69, 9.17) is 0 Å². The Hall–Kier alpha value is -1.80. The number of benzene rings is 1. The highest BCUT2D eigenvalue weighted by Gasteiger charge is 2.04. The summed E-state index contributed by atoms with van der Waals surface area (Å²) in [6.07, 6.45) is 0.994. The standard InChI is InChI=1S/C18H26FN5S2/c1-4-20-17(22-12-15-13-26-18(23-15)24(2)3)21-10-5-11-25-16-8-6-14(19)7-9-16/h6-9,13H,4-5,10-12H2,1-3H3,(H2,20,21,22). The summed E-state index contributed by atoms with van der Waals surface area (Å²) in [5.41, 5.74) is 0.975. The quantitative estimate of drug-likeness (QED) is 0.294. The number of hydrogen-bond acceptors (Lipinski definition) is 5. The lowest BCUT2D eigenvalue weighted by molar-refractivity contribution is 0.626. The molecule has 26 heavy (non-hydrogen) atoms. The van der Waals surface area contributed by atoms with Crippen LogP contribution < -0.4 is 15.5 Å². The number of rotatable bonds is 9. The third-order valence-electron chi connectivity index (χ3n) is 3.36. The van der Waals surface area contributed by atoms with Crippen LogP contribution >= 0.6 is 23.1 Å². The first-order valence-electron chi connectivity index (χ1n) is 8.60. The van der Waals surface area contributed by atoms with Gasteiger partial charge in [-0.15, -0.1) is 23.1 Å². The number of guanidine groups is 1. The molecule has 0 aliphatic heterocycles. The molecule has 0 bridgehead atoms. The van der Waals surface area contributed by atoms with E-state index in [2.05, 4.69) is 27.5 Å². The average Bonchev–Trinajstić information content (AvgIpc) is 3.10. The summed E-state index contributed by atoms with van der Waals surface area (Å²) in [4.78, 5) is 12.2. The number of hydrogen-bond donors (Lipinski definition) is 2. The van der Waals surface area contributed by atoms with Crippen molar-refractivity contribution in [3.05, 3.63) is 41.2 Å². The Balaban J connectivity index is 1.73. The van der Waals surface area contributed by atoms with Crippen LogP contribution in [0, 0.1) is 5.82 Å². The van der Waals surface area contributed by atoms with Gasteiger partial charge < -0.3 is 15.5 Å². The van der Waals surface area contributed by atoms with Crippen LogP contribution in [-0.4, -0.2) is 43.9 Å². The Labute approximate surface area is 163 Å². The van der Waals surface area contributed by atoms with Crippen molar-refractivity contribution in [1.29, 1.82) is 0 Å². The fourth-order valence-electron chi connectivity index (χ4n) is 2.08. The van der Waals surface area contributed by atoms with E-state index in [-0.39, 0.29) is 5.82 Å². The van der Waals surface area contributed by atoms with Gasteiger partial charge in [-0.05, 0) is 43.4 Å². The van der Waals surface area contributed by atoms with Gasteiger partial charge >= 0.3 is 0 Å². The molecule has 2 N–H and O–H groups in total. The minimum Gasteiger partial charge on any atom is -0.357 e. The van der Waals surface area contributed by atoms with Gasteiger partial charge in [0, 0.05) is 37.5 Å². The number of thiazole rings is 1. The molecule has 0 aliphatic carbocycles. The van der Waals surface area contributed by atoms with Crippen molar-refractivity contribution in [2.45, 2.75) is 24.8 Å². The molecule has 2 rings (SSSR count). The fourth-order valence-corrected chi connectivity index (χ4v) is 3.68. The van der Waals surface area contributed by atoms with E-state index in [1.807, 2.05) is 36.5 Å². The zero-order chi connectivity index (χ0) is 18.8. The summed E-state index contributed by atoms with van der Waals surface area (Å²) >= 11 is 3.35. The second-order valence-electron chi connectivity index (χ2n) is 5.79. The van der Waals surface area contributed by atoms with Crippen molar-refractivity contribution in [3.8, 4) is 0 Å². The summed E-state index contributed by atoms with van der Waals surface area (Å²) in [6.45, 7) is 4.26. The average molecular weight is 396 g/mol. The molecule has 0 unspecified atom stereocenters. The molecular formula is C18H26FN5S2. The third kappa shape index (κ3) is 7.21. The number of nitrogens with one attached hydrogen (secondary N) is 2. The predicted octanol–water partition coefficient (Wildman–Crippen LogP) is 3.59. The molecular weight excluding hydrogens is 369 g/mol. The molecule has 0 atom stereocenters. The van der Waals surface area contributed by atoms with E-state index < -0.39 is 0 Å². The van der Waals surface area contributed by atoms with Crippen molar-refractivity contribution >= 4 is 34.2 Å². The van der Waals surface area contributed by atoms with Crippen LogP contribution in [0.4, 0.5) is 9.52 Å². The summed E-state index contributed by atoms with van der Waals surface area (Å²) in [5, 5.41) is 9.63. The second-order valence-corrected chi connectivity index (χ2v) is 7.80. The lowest BCUT2D eigenvalue weighted by Gasteiger charge is -2.11. The number of anilines is 1. The topological polar surface area (TPSA) is 52.6 Å². The summed E-state index contributed by atoms with van der Waals surface area (Å²) in [6, 6.07) is 6.62. The van der Waals surface area contributed by atoms with E-state index in [0.29, 0.717) is 6.54 Å². The van der Waals surface area contributed by atoms with Crippen LogP contribution in [0.1, 0.15) is 19.0 Å². The van der Waals surface area contributed by atoms with Crippen molar-refractivity contribution < 1.29 is 4.39 Å². The first-order valence-corrected chi connectivity index (χ1v) is 10.5. The molecule has 0 spiro atoms. The fraction of sp³-hybridized carbons (Fsp3) is 0.444. The molecule has 5 nitrogen and oxygen atoms in total. The van der Waals surface area contributed by atoms with Gasteiger partial charge in [0.05, 0.1) is 12.2 Å². The van der Waals surface area contributed by atoms with Crippen LogP contribution in [0.25, 0.3) is 0 Å². The van der Waals surface area contributed by atoms with E-state index in [0.717, 1.165) is 46.9 Å². The Morgan fingerprint density at radius 3 is 2.69 bits per heavy atom.